The summed E-state index contributed by atoms with van der Waals surface area (Å²) in [5, 5.41) is 1.77. The smallest absolute Gasteiger partial charge is 0.246 e. The van der Waals surface area contributed by atoms with Gasteiger partial charge in [-0.05, 0) is 48.7 Å². The van der Waals surface area contributed by atoms with Crippen LogP contribution in [0, 0.1) is 0 Å². The predicted octanol–water partition coefficient (Wildman–Crippen LogP) is 5.15. The van der Waals surface area contributed by atoms with Gasteiger partial charge in [0.2, 0.25) is 11.8 Å². The van der Waals surface area contributed by atoms with Crippen LogP contribution in [0.15, 0.2) is 72.8 Å². The van der Waals surface area contributed by atoms with E-state index in [9.17, 15) is 9.59 Å². The molecule has 1 aromatic heterocycles. The van der Waals surface area contributed by atoms with Crippen LogP contribution in [0.5, 0.6) is 5.75 Å². The summed E-state index contributed by atoms with van der Waals surface area (Å²) in [6.45, 7) is 3.00. The molecule has 4 aromatic rings. The molecular formula is C30H28ClN3O3. The van der Waals surface area contributed by atoms with Crippen LogP contribution in [-0.2, 0) is 22.4 Å². The van der Waals surface area contributed by atoms with Gasteiger partial charge >= 0.3 is 0 Å². The lowest BCUT2D eigenvalue weighted by Crippen LogP contribution is -2.63. The second-order valence-electron chi connectivity index (χ2n) is 9.59. The van der Waals surface area contributed by atoms with E-state index in [2.05, 4.69) is 11.1 Å². The Kier molecular flexibility index (Phi) is 6.13. The van der Waals surface area contributed by atoms with Crippen LogP contribution < -0.4 is 4.74 Å². The molecule has 0 aliphatic carbocycles. The van der Waals surface area contributed by atoms with Gasteiger partial charge in [0.25, 0.3) is 0 Å². The number of aromatic amines is 1. The molecule has 2 amide bonds. The number of fused-ring (bicyclic) bond motifs is 4. The Morgan fingerprint density at radius 2 is 1.76 bits per heavy atom. The van der Waals surface area contributed by atoms with E-state index in [0.29, 0.717) is 31.0 Å². The lowest BCUT2D eigenvalue weighted by molar-refractivity contribution is -0.158. The number of rotatable bonds is 6. The number of amides is 2. The largest absolute Gasteiger partial charge is 0.494 e. The third-order valence-electron chi connectivity index (χ3n) is 7.44. The highest BCUT2D eigenvalue weighted by atomic mass is 35.5. The minimum absolute atomic E-state index is 0.0108. The number of carbonyl (C=O) groups excluding carboxylic acids is 2. The van der Waals surface area contributed by atoms with Gasteiger partial charge in [-0.25, -0.2) is 0 Å². The minimum Gasteiger partial charge on any atom is -0.494 e. The SMILES string of the molecule is CCOc1ccccc1[C@@H]1c2[nH]c3ccccc3c2C[C@H]2C(=O)N(CCc3ccc(Cl)cc3)CC(=O)N12. The zero-order valence-corrected chi connectivity index (χ0v) is 21.4. The van der Waals surface area contributed by atoms with Crippen molar-refractivity contribution in [3.63, 3.8) is 0 Å². The number of hydrogen-bond acceptors (Lipinski definition) is 3. The van der Waals surface area contributed by atoms with Crippen LogP contribution in [0.4, 0.5) is 0 Å². The Morgan fingerprint density at radius 1 is 1.00 bits per heavy atom. The normalized spacial score (nSPS) is 19.2. The first-order valence-electron chi connectivity index (χ1n) is 12.7. The number of hydrogen-bond donors (Lipinski definition) is 1. The van der Waals surface area contributed by atoms with E-state index >= 15 is 0 Å². The number of piperazine rings is 1. The van der Waals surface area contributed by atoms with E-state index in [0.717, 1.165) is 39.0 Å². The maximum Gasteiger partial charge on any atom is 0.246 e. The quantitative estimate of drug-likeness (QED) is 0.388. The molecule has 0 bridgehead atoms. The van der Waals surface area contributed by atoms with Gasteiger partial charge in [0, 0.05) is 40.1 Å². The number of ether oxygens (including phenoxy) is 1. The third kappa shape index (κ3) is 4.15. The second-order valence-corrected chi connectivity index (χ2v) is 10.0. The molecule has 2 aliphatic heterocycles. The Balaban J connectivity index is 1.40. The maximum atomic E-state index is 13.9. The highest BCUT2D eigenvalue weighted by Crippen LogP contribution is 2.44. The summed E-state index contributed by atoms with van der Waals surface area (Å²) in [4.78, 5) is 34.8. The number of nitrogens with one attached hydrogen (secondary N) is 1. The van der Waals surface area contributed by atoms with Crippen molar-refractivity contribution in [2.24, 2.45) is 0 Å². The van der Waals surface area contributed by atoms with E-state index in [-0.39, 0.29) is 18.4 Å². The van der Waals surface area contributed by atoms with Crippen molar-refractivity contribution in [3.8, 4) is 5.75 Å². The molecular weight excluding hydrogens is 486 g/mol. The average molecular weight is 514 g/mol. The summed E-state index contributed by atoms with van der Waals surface area (Å²) in [6.07, 6.45) is 1.15. The topological polar surface area (TPSA) is 65.6 Å². The molecule has 1 fully saturated rings. The van der Waals surface area contributed by atoms with Crippen molar-refractivity contribution in [2.45, 2.75) is 31.8 Å². The van der Waals surface area contributed by atoms with Crippen molar-refractivity contribution < 1.29 is 14.3 Å². The fraction of sp³-hybridized carbons (Fsp3) is 0.267. The molecule has 0 radical (unpaired) electrons. The summed E-state index contributed by atoms with van der Waals surface area (Å²) in [7, 11) is 0. The second kappa shape index (κ2) is 9.60. The van der Waals surface area contributed by atoms with Crippen molar-refractivity contribution >= 4 is 34.3 Å². The van der Waals surface area contributed by atoms with Crippen LogP contribution >= 0.6 is 11.6 Å². The van der Waals surface area contributed by atoms with E-state index in [4.69, 9.17) is 16.3 Å². The summed E-state index contributed by atoms with van der Waals surface area (Å²) < 4.78 is 5.98. The van der Waals surface area contributed by atoms with Crippen molar-refractivity contribution in [2.75, 3.05) is 19.7 Å². The molecule has 0 saturated carbocycles. The first-order chi connectivity index (χ1) is 18.0. The maximum absolute atomic E-state index is 13.9. The first-order valence-corrected chi connectivity index (χ1v) is 13.1. The number of H-pyrrole nitrogens is 1. The molecule has 1 saturated heterocycles. The molecule has 0 unspecified atom stereocenters. The molecule has 6 rings (SSSR count). The van der Waals surface area contributed by atoms with Gasteiger partial charge in [0.05, 0.1) is 13.2 Å². The molecule has 3 heterocycles. The Labute approximate surface area is 220 Å². The van der Waals surface area contributed by atoms with Crippen LogP contribution in [-0.4, -0.2) is 52.3 Å². The van der Waals surface area contributed by atoms with Crippen LogP contribution in [0.2, 0.25) is 5.02 Å². The van der Waals surface area contributed by atoms with Gasteiger partial charge in [-0.15, -0.1) is 0 Å². The Hall–Kier alpha value is -3.77. The number of aromatic nitrogens is 1. The fourth-order valence-electron chi connectivity index (χ4n) is 5.75. The first kappa shape index (κ1) is 23.6. The molecule has 188 valence electrons. The highest BCUT2D eigenvalue weighted by molar-refractivity contribution is 6.30. The van der Waals surface area contributed by atoms with E-state index in [1.54, 1.807) is 9.80 Å². The van der Waals surface area contributed by atoms with Crippen molar-refractivity contribution in [3.05, 3.63) is 100 Å². The monoisotopic (exact) mass is 513 g/mol. The van der Waals surface area contributed by atoms with Crippen molar-refractivity contribution in [1.29, 1.82) is 0 Å². The fourth-order valence-corrected chi connectivity index (χ4v) is 5.87. The molecule has 2 aliphatic rings. The van der Waals surface area contributed by atoms with Gasteiger partial charge in [-0.1, -0.05) is 60.1 Å². The number of para-hydroxylation sites is 2. The zero-order chi connectivity index (χ0) is 25.5. The molecule has 1 N–H and O–H groups in total. The molecule has 37 heavy (non-hydrogen) atoms. The lowest BCUT2D eigenvalue weighted by Gasteiger charge is -2.47. The molecule has 6 nitrogen and oxygen atoms in total. The number of carbonyl (C=O) groups is 2. The van der Waals surface area contributed by atoms with E-state index < -0.39 is 12.1 Å². The van der Waals surface area contributed by atoms with Crippen molar-refractivity contribution in [1.82, 2.24) is 14.8 Å². The Morgan fingerprint density at radius 3 is 2.57 bits per heavy atom. The third-order valence-corrected chi connectivity index (χ3v) is 7.69. The summed E-state index contributed by atoms with van der Waals surface area (Å²) >= 11 is 6.02. The van der Waals surface area contributed by atoms with Crippen LogP contribution in [0.25, 0.3) is 10.9 Å². The van der Waals surface area contributed by atoms with E-state index in [1.165, 1.54) is 0 Å². The summed E-state index contributed by atoms with van der Waals surface area (Å²) in [6, 6.07) is 22.6. The van der Waals surface area contributed by atoms with Gasteiger partial charge in [-0.2, -0.15) is 0 Å². The summed E-state index contributed by atoms with van der Waals surface area (Å²) in [5.74, 6) is 0.662. The van der Waals surface area contributed by atoms with Gasteiger partial charge in [-0.3, -0.25) is 9.59 Å². The number of benzene rings is 3. The van der Waals surface area contributed by atoms with Gasteiger partial charge in [0.1, 0.15) is 17.8 Å². The average Bonchev–Trinajstić information content (AvgIpc) is 3.29. The van der Waals surface area contributed by atoms with E-state index in [1.807, 2.05) is 73.7 Å². The standard InChI is InChI=1S/C30H28ClN3O3/c1-2-37-26-10-6-4-8-22(26)29-28-23(21-7-3-5-9-24(21)32-28)17-25-30(36)33(18-27(35)34(25)29)16-15-19-11-13-20(31)14-12-19/h3-14,25,29,32H,2,15-18H2,1H3/t25-,29+/m0/s1. The predicted molar refractivity (Wildman–Crippen MR) is 144 cm³/mol. The molecule has 0 spiro atoms. The van der Waals surface area contributed by atoms with Crippen LogP contribution in [0.1, 0.15) is 35.3 Å². The highest BCUT2D eigenvalue weighted by Gasteiger charge is 2.48. The number of halogens is 1. The molecule has 7 heteroatoms. The zero-order valence-electron chi connectivity index (χ0n) is 20.6. The van der Waals surface area contributed by atoms with Gasteiger partial charge < -0.3 is 19.5 Å². The van der Waals surface area contributed by atoms with Crippen LogP contribution in [0.3, 0.4) is 0 Å². The lowest BCUT2D eigenvalue weighted by atomic mass is 9.86. The molecule has 2 atom stereocenters. The minimum atomic E-state index is -0.571. The Bertz CT molecular complexity index is 1480. The molecule has 3 aromatic carbocycles. The summed E-state index contributed by atoms with van der Waals surface area (Å²) in [5.41, 5.74) is 5.02. The number of nitrogens with zero attached hydrogens (tertiary/aromatic N) is 2. The van der Waals surface area contributed by atoms with Gasteiger partial charge in [0.15, 0.2) is 0 Å².